The van der Waals surface area contributed by atoms with Crippen LogP contribution in [0.15, 0.2) is 47.1 Å². The number of furan rings is 1. The number of carbonyl (C=O) groups excluding carboxylic acids is 3. The fraction of sp³-hybridized carbons (Fsp3) is 0.300. The molecule has 1 saturated heterocycles. The number of nitrogens with zero attached hydrogens (tertiary/aromatic N) is 1. The van der Waals surface area contributed by atoms with Crippen molar-refractivity contribution in [3.05, 3.63) is 54.0 Å². The third-order valence-electron chi connectivity index (χ3n) is 4.59. The Morgan fingerprint density at radius 2 is 2.00 bits per heavy atom. The zero-order chi connectivity index (χ0) is 21.5. The van der Waals surface area contributed by atoms with Gasteiger partial charge in [0.25, 0.3) is 0 Å². The first-order chi connectivity index (χ1) is 14.4. The van der Waals surface area contributed by atoms with Crippen LogP contribution in [0.1, 0.15) is 17.7 Å². The highest BCUT2D eigenvalue weighted by molar-refractivity contribution is 7.80. The summed E-state index contributed by atoms with van der Waals surface area (Å²) in [6.45, 7) is 0.604. The Kier molecular flexibility index (Phi) is 7.02. The molecule has 158 valence electrons. The molecule has 0 saturated carbocycles. The van der Waals surface area contributed by atoms with Gasteiger partial charge >= 0.3 is 0 Å². The van der Waals surface area contributed by atoms with Gasteiger partial charge in [-0.2, -0.15) is 0 Å². The minimum atomic E-state index is -0.516. The van der Waals surface area contributed by atoms with Gasteiger partial charge in [-0.15, -0.1) is 0 Å². The average molecular weight is 430 g/mol. The summed E-state index contributed by atoms with van der Waals surface area (Å²) in [7, 11) is 1.57. The highest BCUT2D eigenvalue weighted by Gasteiger charge is 2.34. The number of hydrazine groups is 1. The van der Waals surface area contributed by atoms with Crippen molar-refractivity contribution >= 4 is 35.1 Å². The Labute approximate surface area is 178 Å². The molecule has 0 spiro atoms. The van der Waals surface area contributed by atoms with Gasteiger partial charge in [0.15, 0.2) is 5.11 Å². The summed E-state index contributed by atoms with van der Waals surface area (Å²) >= 11 is 5.03. The lowest BCUT2D eigenvalue weighted by molar-refractivity contribution is -0.129. The van der Waals surface area contributed by atoms with Crippen LogP contribution in [-0.2, 0) is 27.3 Å². The molecule has 3 N–H and O–H groups in total. The first-order valence-corrected chi connectivity index (χ1v) is 9.68. The van der Waals surface area contributed by atoms with Crippen molar-refractivity contribution in [1.82, 2.24) is 21.1 Å². The Bertz CT molecular complexity index is 914. The number of thiocarbonyl (C=S) groups is 1. The number of rotatable bonds is 6. The molecule has 3 rings (SSSR count). The van der Waals surface area contributed by atoms with Crippen molar-refractivity contribution in [2.75, 3.05) is 13.7 Å². The molecule has 0 radical (unpaired) electrons. The van der Waals surface area contributed by atoms with E-state index in [4.69, 9.17) is 21.4 Å². The van der Waals surface area contributed by atoms with Gasteiger partial charge in [0, 0.05) is 13.0 Å². The number of benzene rings is 1. The Balaban J connectivity index is 1.40. The van der Waals surface area contributed by atoms with Gasteiger partial charge in [-0.25, -0.2) is 0 Å². The number of carbonyl (C=O) groups is 3. The van der Waals surface area contributed by atoms with Crippen LogP contribution in [0.2, 0.25) is 0 Å². The Morgan fingerprint density at radius 3 is 2.67 bits per heavy atom. The lowest BCUT2D eigenvalue weighted by Crippen LogP contribution is -2.50. The van der Waals surface area contributed by atoms with Crippen molar-refractivity contribution in [3.8, 4) is 5.75 Å². The maximum absolute atomic E-state index is 12.3. The van der Waals surface area contributed by atoms with E-state index in [1.807, 2.05) is 0 Å². The second-order valence-corrected chi connectivity index (χ2v) is 7.18. The highest BCUT2D eigenvalue weighted by atomic mass is 32.1. The van der Waals surface area contributed by atoms with Crippen LogP contribution in [0.3, 0.4) is 0 Å². The van der Waals surface area contributed by atoms with Gasteiger partial charge in [0.05, 0.1) is 32.3 Å². The van der Waals surface area contributed by atoms with Crippen LogP contribution in [0.5, 0.6) is 5.75 Å². The number of hydrogen-bond acceptors (Lipinski definition) is 6. The molecule has 1 aliphatic rings. The summed E-state index contributed by atoms with van der Waals surface area (Å²) in [5, 5.41) is 2.47. The van der Waals surface area contributed by atoms with Crippen molar-refractivity contribution in [3.63, 3.8) is 0 Å². The van der Waals surface area contributed by atoms with Crippen molar-refractivity contribution in [2.24, 2.45) is 5.92 Å². The number of methoxy groups -OCH3 is 1. The van der Waals surface area contributed by atoms with Crippen molar-refractivity contribution in [2.45, 2.75) is 19.4 Å². The van der Waals surface area contributed by atoms with E-state index in [2.05, 4.69) is 16.2 Å². The zero-order valence-corrected chi connectivity index (χ0v) is 17.2. The van der Waals surface area contributed by atoms with E-state index < -0.39 is 5.92 Å². The lowest BCUT2D eigenvalue weighted by Gasteiger charge is -2.16. The largest absolute Gasteiger partial charge is 0.497 e. The number of nitrogens with one attached hydrogen (secondary N) is 3. The number of ether oxygens (including phenoxy) is 1. The van der Waals surface area contributed by atoms with E-state index in [-0.39, 0.29) is 42.2 Å². The van der Waals surface area contributed by atoms with Crippen molar-refractivity contribution in [1.29, 1.82) is 0 Å². The summed E-state index contributed by atoms with van der Waals surface area (Å²) in [6, 6.07) is 10.6. The molecular weight excluding hydrogens is 408 g/mol. The van der Waals surface area contributed by atoms with Crippen LogP contribution in [0.4, 0.5) is 0 Å². The van der Waals surface area contributed by atoms with E-state index in [0.29, 0.717) is 18.1 Å². The molecule has 1 aromatic carbocycles. The molecule has 30 heavy (non-hydrogen) atoms. The normalized spacial score (nSPS) is 15.6. The van der Waals surface area contributed by atoms with Gasteiger partial charge in [-0.3, -0.25) is 25.2 Å². The molecular formula is C20H22N4O5S. The molecule has 1 aliphatic heterocycles. The van der Waals surface area contributed by atoms with Gasteiger partial charge in [-0.1, -0.05) is 12.1 Å². The van der Waals surface area contributed by atoms with Crippen LogP contribution in [0, 0.1) is 5.92 Å². The van der Waals surface area contributed by atoms with E-state index in [0.717, 1.165) is 5.56 Å². The maximum atomic E-state index is 12.3. The Hall–Kier alpha value is -3.40. The fourth-order valence-corrected chi connectivity index (χ4v) is 3.21. The van der Waals surface area contributed by atoms with E-state index in [1.165, 1.54) is 6.26 Å². The molecule has 10 heteroatoms. The van der Waals surface area contributed by atoms with E-state index in [9.17, 15) is 14.4 Å². The predicted octanol–water partition coefficient (Wildman–Crippen LogP) is 0.901. The number of hydrogen-bond donors (Lipinski definition) is 3. The summed E-state index contributed by atoms with van der Waals surface area (Å²) < 4.78 is 10.3. The van der Waals surface area contributed by atoms with Gasteiger partial charge in [0.1, 0.15) is 11.5 Å². The van der Waals surface area contributed by atoms with Gasteiger partial charge in [-0.05, 0) is 42.0 Å². The molecule has 3 amide bonds. The van der Waals surface area contributed by atoms with Gasteiger partial charge < -0.3 is 19.4 Å². The molecule has 9 nitrogen and oxygen atoms in total. The molecule has 1 atom stereocenters. The monoisotopic (exact) mass is 430 g/mol. The molecule has 1 aromatic heterocycles. The third kappa shape index (κ3) is 5.80. The van der Waals surface area contributed by atoms with Crippen molar-refractivity contribution < 1.29 is 23.5 Å². The lowest BCUT2D eigenvalue weighted by atomic mass is 10.1. The number of likely N-dealkylation sites (tertiary alicyclic amines) is 1. The summed E-state index contributed by atoms with van der Waals surface area (Å²) in [4.78, 5) is 38.1. The molecule has 0 aliphatic carbocycles. The standard InChI is InChI=1S/C20H22N4O5S/c1-28-15-6-4-13(5-7-15)9-17(25)21-20(30)23-22-19(27)14-10-18(26)24(11-14)12-16-3-2-8-29-16/h2-8,14H,9-12H2,1H3,(H,22,27)(H2,21,23,25,30). The predicted molar refractivity (Wildman–Crippen MR) is 111 cm³/mol. The topological polar surface area (TPSA) is 113 Å². The first-order valence-electron chi connectivity index (χ1n) is 9.27. The van der Waals surface area contributed by atoms with Crippen LogP contribution < -0.4 is 20.9 Å². The zero-order valence-electron chi connectivity index (χ0n) is 16.3. The average Bonchev–Trinajstić information content (AvgIpc) is 3.37. The van der Waals surface area contributed by atoms with E-state index >= 15 is 0 Å². The maximum Gasteiger partial charge on any atom is 0.243 e. The van der Waals surface area contributed by atoms with E-state index in [1.54, 1.807) is 48.4 Å². The second-order valence-electron chi connectivity index (χ2n) is 6.77. The minimum absolute atomic E-state index is 0.0290. The minimum Gasteiger partial charge on any atom is -0.497 e. The molecule has 1 unspecified atom stereocenters. The summed E-state index contributed by atoms with van der Waals surface area (Å²) in [5.41, 5.74) is 5.74. The first kappa shape index (κ1) is 21.3. The quantitative estimate of drug-likeness (QED) is 0.461. The number of amides is 3. The smallest absolute Gasteiger partial charge is 0.243 e. The highest BCUT2D eigenvalue weighted by Crippen LogP contribution is 2.20. The second kappa shape index (κ2) is 9.88. The summed E-state index contributed by atoms with van der Waals surface area (Å²) in [5.74, 6) is 0.0137. The molecule has 1 fully saturated rings. The fourth-order valence-electron chi connectivity index (χ4n) is 3.04. The van der Waals surface area contributed by atoms with Crippen LogP contribution >= 0.6 is 12.2 Å². The SMILES string of the molecule is COc1ccc(CC(=O)NC(=S)NNC(=O)C2CC(=O)N(Cc3ccco3)C2)cc1. The molecule has 0 bridgehead atoms. The molecule has 2 aromatic rings. The van der Waals surface area contributed by atoms with Crippen LogP contribution in [-0.4, -0.2) is 41.4 Å². The van der Waals surface area contributed by atoms with Crippen LogP contribution in [0.25, 0.3) is 0 Å². The summed E-state index contributed by atoms with van der Waals surface area (Å²) in [6.07, 6.45) is 1.76. The van der Waals surface area contributed by atoms with Gasteiger partial charge in [0.2, 0.25) is 17.7 Å². The molecule has 2 heterocycles. The Morgan fingerprint density at radius 1 is 1.23 bits per heavy atom. The third-order valence-corrected chi connectivity index (χ3v) is 4.79.